The number of methoxy groups -OCH3 is 1. The van der Waals surface area contributed by atoms with Crippen LogP contribution in [-0.2, 0) is 9.53 Å². The number of nitrogens with one attached hydrogen (secondary N) is 1. The fourth-order valence-corrected chi connectivity index (χ4v) is 2.02. The van der Waals surface area contributed by atoms with Gasteiger partial charge in [-0.25, -0.2) is 4.79 Å². The standard InChI is InChI=1S/C10H11ClN2O3S/c1-16-10(15)13-9(14)5-17-8-4-6(11)2-3-7(8)12/h2-4H,5,12H2,1H3,(H,13,14,15). The molecular weight excluding hydrogens is 264 g/mol. The van der Waals surface area contributed by atoms with Gasteiger partial charge in [0.25, 0.3) is 0 Å². The molecule has 1 aromatic carbocycles. The maximum Gasteiger partial charge on any atom is 0.413 e. The number of carbonyl (C=O) groups is 2. The predicted octanol–water partition coefficient (Wildman–Crippen LogP) is 1.90. The van der Waals surface area contributed by atoms with Gasteiger partial charge in [-0.3, -0.25) is 10.1 Å². The molecule has 7 heteroatoms. The number of ether oxygens (including phenoxy) is 1. The lowest BCUT2D eigenvalue weighted by Crippen LogP contribution is -2.31. The SMILES string of the molecule is COC(=O)NC(=O)CSc1cc(Cl)ccc1N. The Hall–Kier alpha value is -1.40. The summed E-state index contributed by atoms with van der Waals surface area (Å²) in [6.07, 6.45) is -0.783. The smallest absolute Gasteiger partial charge is 0.413 e. The van der Waals surface area contributed by atoms with E-state index in [1.165, 1.54) is 18.9 Å². The molecule has 1 rings (SSSR count). The van der Waals surface area contributed by atoms with E-state index in [0.717, 1.165) is 0 Å². The first-order chi connectivity index (χ1) is 8.02. The first-order valence-corrected chi connectivity index (χ1v) is 5.95. The molecule has 0 unspecified atom stereocenters. The summed E-state index contributed by atoms with van der Waals surface area (Å²) in [7, 11) is 1.19. The van der Waals surface area contributed by atoms with Gasteiger partial charge in [-0.05, 0) is 18.2 Å². The molecule has 0 aliphatic rings. The Labute approximate surface area is 108 Å². The summed E-state index contributed by atoms with van der Waals surface area (Å²) in [6, 6.07) is 4.98. The van der Waals surface area contributed by atoms with E-state index in [2.05, 4.69) is 4.74 Å². The summed E-state index contributed by atoms with van der Waals surface area (Å²) in [4.78, 5) is 22.7. The molecule has 0 fully saturated rings. The van der Waals surface area contributed by atoms with Gasteiger partial charge in [0.15, 0.2) is 0 Å². The average Bonchev–Trinajstić information content (AvgIpc) is 2.30. The Kier molecular flexibility index (Phi) is 5.11. The lowest BCUT2D eigenvalue weighted by atomic mass is 10.3. The number of nitrogens with two attached hydrogens (primary N) is 1. The molecule has 0 heterocycles. The zero-order valence-corrected chi connectivity index (χ0v) is 10.6. The van der Waals surface area contributed by atoms with Crippen molar-refractivity contribution in [3.63, 3.8) is 0 Å². The average molecular weight is 275 g/mol. The zero-order chi connectivity index (χ0) is 12.8. The highest BCUT2D eigenvalue weighted by Crippen LogP contribution is 2.27. The summed E-state index contributed by atoms with van der Waals surface area (Å²) in [5.74, 6) is -0.402. The van der Waals surface area contributed by atoms with Crippen molar-refractivity contribution < 1.29 is 14.3 Å². The number of carbonyl (C=O) groups excluding carboxylic acids is 2. The Morgan fingerprint density at radius 1 is 1.53 bits per heavy atom. The molecule has 0 aliphatic carbocycles. The van der Waals surface area contributed by atoms with Crippen LogP contribution >= 0.6 is 23.4 Å². The number of anilines is 1. The highest BCUT2D eigenvalue weighted by atomic mass is 35.5. The molecule has 0 spiro atoms. The van der Waals surface area contributed by atoms with E-state index in [0.29, 0.717) is 15.6 Å². The monoisotopic (exact) mass is 274 g/mol. The third-order valence-electron chi connectivity index (χ3n) is 1.76. The summed E-state index contributed by atoms with van der Waals surface area (Å²) in [6.45, 7) is 0. The minimum absolute atomic E-state index is 0.0552. The number of amides is 2. The van der Waals surface area contributed by atoms with E-state index in [1.807, 2.05) is 5.32 Å². The maximum absolute atomic E-state index is 11.3. The second kappa shape index (κ2) is 6.36. The van der Waals surface area contributed by atoms with Crippen molar-refractivity contribution in [1.29, 1.82) is 0 Å². The number of hydrogen-bond acceptors (Lipinski definition) is 5. The molecule has 0 radical (unpaired) electrons. The Morgan fingerprint density at radius 2 is 2.24 bits per heavy atom. The minimum Gasteiger partial charge on any atom is -0.453 e. The molecular formula is C10H11ClN2O3S. The Morgan fingerprint density at radius 3 is 2.88 bits per heavy atom. The number of benzene rings is 1. The van der Waals surface area contributed by atoms with E-state index in [-0.39, 0.29) is 5.75 Å². The molecule has 0 saturated carbocycles. The van der Waals surface area contributed by atoms with Crippen LogP contribution in [0.2, 0.25) is 5.02 Å². The highest BCUT2D eigenvalue weighted by Gasteiger charge is 2.09. The first kappa shape index (κ1) is 13.7. The summed E-state index contributed by atoms with van der Waals surface area (Å²) in [5, 5.41) is 2.58. The van der Waals surface area contributed by atoms with Crippen LogP contribution in [-0.4, -0.2) is 24.9 Å². The van der Waals surface area contributed by atoms with Crippen molar-refractivity contribution in [3.8, 4) is 0 Å². The third-order valence-corrected chi connectivity index (χ3v) is 3.07. The fraction of sp³-hybridized carbons (Fsp3) is 0.200. The van der Waals surface area contributed by atoms with Crippen LogP contribution in [0.4, 0.5) is 10.5 Å². The molecule has 92 valence electrons. The van der Waals surface area contributed by atoms with Crippen LogP contribution < -0.4 is 11.1 Å². The van der Waals surface area contributed by atoms with E-state index in [1.54, 1.807) is 18.2 Å². The normalized spacial score (nSPS) is 9.76. The number of rotatable bonds is 3. The number of imide groups is 1. The molecule has 1 aromatic rings. The van der Waals surface area contributed by atoms with Crippen molar-refractivity contribution in [3.05, 3.63) is 23.2 Å². The van der Waals surface area contributed by atoms with Crippen LogP contribution in [0.5, 0.6) is 0 Å². The number of hydrogen-bond donors (Lipinski definition) is 2. The van der Waals surface area contributed by atoms with Gasteiger partial charge in [0.2, 0.25) is 5.91 Å². The number of nitrogen functional groups attached to an aromatic ring is 1. The lowest BCUT2D eigenvalue weighted by Gasteiger charge is -2.05. The van der Waals surface area contributed by atoms with Crippen LogP contribution in [0, 0.1) is 0 Å². The van der Waals surface area contributed by atoms with E-state index < -0.39 is 12.0 Å². The molecule has 0 atom stereocenters. The maximum atomic E-state index is 11.3. The number of halogens is 1. The minimum atomic E-state index is -0.783. The first-order valence-electron chi connectivity index (χ1n) is 4.58. The second-order valence-corrected chi connectivity index (χ2v) is 4.46. The van der Waals surface area contributed by atoms with E-state index in [4.69, 9.17) is 17.3 Å². The van der Waals surface area contributed by atoms with Gasteiger partial charge in [-0.2, -0.15) is 0 Å². The van der Waals surface area contributed by atoms with Gasteiger partial charge in [0.05, 0.1) is 12.9 Å². The summed E-state index contributed by atoms with van der Waals surface area (Å²) < 4.78 is 4.29. The third kappa shape index (κ3) is 4.54. The molecule has 2 amide bonds. The van der Waals surface area contributed by atoms with Crippen LogP contribution in [0.1, 0.15) is 0 Å². The quantitative estimate of drug-likeness (QED) is 0.650. The van der Waals surface area contributed by atoms with Gasteiger partial charge in [-0.15, -0.1) is 11.8 Å². The van der Waals surface area contributed by atoms with Crippen LogP contribution in [0.3, 0.4) is 0 Å². The summed E-state index contributed by atoms with van der Waals surface area (Å²) in [5.41, 5.74) is 6.23. The van der Waals surface area contributed by atoms with Crippen molar-refractivity contribution in [2.75, 3.05) is 18.6 Å². The van der Waals surface area contributed by atoms with E-state index in [9.17, 15) is 9.59 Å². The van der Waals surface area contributed by atoms with Gasteiger partial charge in [0, 0.05) is 15.6 Å². The van der Waals surface area contributed by atoms with Gasteiger partial charge < -0.3 is 10.5 Å². The Bertz CT molecular complexity index is 440. The molecule has 17 heavy (non-hydrogen) atoms. The molecule has 0 saturated heterocycles. The second-order valence-electron chi connectivity index (χ2n) is 3.01. The molecule has 3 N–H and O–H groups in total. The molecule has 0 bridgehead atoms. The van der Waals surface area contributed by atoms with Crippen molar-refractivity contribution >= 4 is 41.1 Å². The van der Waals surface area contributed by atoms with Crippen molar-refractivity contribution in [1.82, 2.24) is 5.32 Å². The van der Waals surface area contributed by atoms with Gasteiger partial charge >= 0.3 is 6.09 Å². The highest BCUT2D eigenvalue weighted by molar-refractivity contribution is 8.00. The Balaban J connectivity index is 2.53. The summed E-state index contributed by atoms with van der Waals surface area (Å²) >= 11 is 6.99. The van der Waals surface area contributed by atoms with Crippen LogP contribution in [0.25, 0.3) is 0 Å². The molecule has 5 nitrogen and oxygen atoms in total. The predicted molar refractivity (Wildman–Crippen MR) is 67.1 cm³/mol. The van der Waals surface area contributed by atoms with Gasteiger partial charge in [-0.1, -0.05) is 11.6 Å². The van der Waals surface area contributed by atoms with Crippen molar-refractivity contribution in [2.24, 2.45) is 0 Å². The fourth-order valence-electron chi connectivity index (χ4n) is 0.977. The van der Waals surface area contributed by atoms with E-state index >= 15 is 0 Å². The number of thioether (sulfide) groups is 1. The topological polar surface area (TPSA) is 81.4 Å². The molecule has 0 aliphatic heterocycles. The zero-order valence-electron chi connectivity index (χ0n) is 9.03. The number of alkyl carbamates (subject to hydrolysis) is 1. The molecule has 0 aromatic heterocycles. The lowest BCUT2D eigenvalue weighted by molar-refractivity contribution is -0.117. The van der Waals surface area contributed by atoms with Gasteiger partial charge in [0.1, 0.15) is 0 Å². The van der Waals surface area contributed by atoms with Crippen molar-refractivity contribution in [2.45, 2.75) is 4.90 Å². The van der Waals surface area contributed by atoms with Crippen LogP contribution in [0.15, 0.2) is 23.1 Å². The largest absolute Gasteiger partial charge is 0.453 e.